The standard InChI is InChI=1S/C16H18N2O/c1-12-4-2-3-5-15(12)13-6-8-17-16(10-13)18-9-7-14(19)11-18/h2-6,8,10,14,19H,7,9,11H2,1H3. The summed E-state index contributed by atoms with van der Waals surface area (Å²) in [6, 6.07) is 12.5. The van der Waals surface area contributed by atoms with Gasteiger partial charge in [0.1, 0.15) is 5.82 Å². The third-order valence-corrected chi connectivity index (χ3v) is 3.69. The highest BCUT2D eigenvalue weighted by Crippen LogP contribution is 2.27. The molecule has 0 radical (unpaired) electrons. The molecule has 0 bridgehead atoms. The third-order valence-electron chi connectivity index (χ3n) is 3.69. The van der Waals surface area contributed by atoms with Crippen molar-refractivity contribution < 1.29 is 5.11 Å². The molecule has 1 unspecified atom stereocenters. The topological polar surface area (TPSA) is 36.4 Å². The van der Waals surface area contributed by atoms with Crippen LogP contribution in [0.25, 0.3) is 11.1 Å². The quantitative estimate of drug-likeness (QED) is 0.895. The molecule has 0 amide bonds. The van der Waals surface area contributed by atoms with Crippen molar-refractivity contribution in [3.8, 4) is 11.1 Å². The van der Waals surface area contributed by atoms with E-state index in [2.05, 4.69) is 47.1 Å². The second-order valence-corrected chi connectivity index (χ2v) is 5.11. The first-order valence-corrected chi connectivity index (χ1v) is 6.69. The Labute approximate surface area is 113 Å². The number of pyridine rings is 1. The molecule has 1 aliphatic heterocycles. The predicted molar refractivity (Wildman–Crippen MR) is 77.2 cm³/mol. The van der Waals surface area contributed by atoms with Gasteiger partial charge in [0.2, 0.25) is 0 Å². The Bertz CT molecular complexity index is 582. The second-order valence-electron chi connectivity index (χ2n) is 5.11. The van der Waals surface area contributed by atoms with E-state index in [1.165, 1.54) is 16.7 Å². The van der Waals surface area contributed by atoms with Crippen LogP contribution in [0.4, 0.5) is 5.82 Å². The van der Waals surface area contributed by atoms with Crippen LogP contribution in [0.3, 0.4) is 0 Å². The second kappa shape index (κ2) is 5.02. The summed E-state index contributed by atoms with van der Waals surface area (Å²) in [6.07, 6.45) is 2.46. The predicted octanol–water partition coefficient (Wildman–Crippen LogP) is 2.63. The summed E-state index contributed by atoms with van der Waals surface area (Å²) in [7, 11) is 0. The summed E-state index contributed by atoms with van der Waals surface area (Å²) in [5.41, 5.74) is 3.69. The summed E-state index contributed by atoms with van der Waals surface area (Å²) in [6.45, 7) is 3.69. The number of hydrogen-bond acceptors (Lipinski definition) is 3. The molecule has 2 aromatic rings. The largest absolute Gasteiger partial charge is 0.391 e. The van der Waals surface area contributed by atoms with Crippen molar-refractivity contribution in [3.63, 3.8) is 0 Å². The summed E-state index contributed by atoms with van der Waals surface area (Å²) in [4.78, 5) is 6.57. The van der Waals surface area contributed by atoms with Crippen LogP contribution < -0.4 is 4.90 Å². The lowest BCUT2D eigenvalue weighted by molar-refractivity contribution is 0.198. The van der Waals surface area contributed by atoms with Crippen LogP contribution >= 0.6 is 0 Å². The zero-order valence-corrected chi connectivity index (χ0v) is 11.1. The molecular formula is C16H18N2O. The van der Waals surface area contributed by atoms with Crippen LogP contribution in [-0.4, -0.2) is 29.3 Å². The SMILES string of the molecule is Cc1ccccc1-c1ccnc(N2CCC(O)C2)c1. The number of nitrogens with zero attached hydrogens (tertiary/aromatic N) is 2. The summed E-state index contributed by atoms with van der Waals surface area (Å²) >= 11 is 0. The maximum atomic E-state index is 9.62. The van der Waals surface area contributed by atoms with E-state index in [-0.39, 0.29) is 6.10 Å². The summed E-state index contributed by atoms with van der Waals surface area (Å²) in [5, 5.41) is 9.62. The van der Waals surface area contributed by atoms with E-state index >= 15 is 0 Å². The number of hydrogen-bond donors (Lipinski definition) is 1. The van der Waals surface area contributed by atoms with Gasteiger partial charge in [-0.2, -0.15) is 0 Å². The molecule has 2 heterocycles. The lowest BCUT2D eigenvalue weighted by Gasteiger charge is -2.17. The molecule has 19 heavy (non-hydrogen) atoms. The molecular weight excluding hydrogens is 236 g/mol. The van der Waals surface area contributed by atoms with Gasteiger partial charge in [0.25, 0.3) is 0 Å². The first kappa shape index (κ1) is 12.2. The van der Waals surface area contributed by atoms with E-state index < -0.39 is 0 Å². The van der Waals surface area contributed by atoms with Gasteiger partial charge in [0.05, 0.1) is 6.10 Å². The lowest BCUT2D eigenvalue weighted by atomic mass is 10.0. The Morgan fingerprint density at radius 3 is 2.84 bits per heavy atom. The van der Waals surface area contributed by atoms with E-state index in [0.717, 1.165) is 18.8 Å². The van der Waals surface area contributed by atoms with Crippen molar-refractivity contribution in [1.29, 1.82) is 0 Å². The fraction of sp³-hybridized carbons (Fsp3) is 0.312. The van der Waals surface area contributed by atoms with Crippen LogP contribution in [0.5, 0.6) is 0 Å². The molecule has 0 aliphatic carbocycles. The molecule has 1 aromatic carbocycles. The smallest absolute Gasteiger partial charge is 0.129 e. The molecule has 3 heteroatoms. The minimum absolute atomic E-state index is 0.219. The molecule has 1 N–H and O–H groups in total. The maximum absolute atomic E-state index is 9.62. The van der Waals surface area contributed by atoms with Gasteiger partial charge in [-0.05, 0) is 42.2 Å². The number of β-amino-alcohol motifs (C(OH)–C–C–N with tert-alkyl or cyclic N) is 1. The minimum atomic E-state index is -0.219. The Morgan fingerprint density at radius 1 is 1.26 bits per heavy atom. The number of aryl methyl sites for hydroxylation is 1. The first-order valence-electron chi connectivity index (χ1n) is 6.69. The first-order chi connectivity index (χ1) is 9.24. The van der Waals surface area contributed by atoms with Crippen molar-refractivity contribution >= 4 is 5.82 Å². The minimum Gasteiger partial charge on any atom is -0.391 e. The number of aromatic nitrogens is 1. The summed E-state index contributed by atoms with van der Waals surface area (Å²) < 4.78 is 0. The molecule has 3 nitrogen and oxygen atoms in total. The average molecular weight is 254 g/mol. The van der Waals surface area contributed by atoms with Crippen molar-refractivity contribution in [3.05, 3.63) is 48.2 Å². The van der Waals surface area contributed by atoms with Crippen molar-refractivity contribution in [2.45, 2.75) is 19.4 Å². The van der Waals surface area contributed by atoms with E-state index in [4.69, 9.17) is 0 Å². The molecule has 1 atom stereocenters. The average Bonchev–Trinajstić information content (AvgIpc) is 2.86. The van der Waals surface area contributed by atoms with Gasteiger partial charge < -0.3 is 10.0 Å². The Morgan fingerprint density at radius 2 is 2.11 bits per heavy atom. The van der Waals surface area contributed by atoms with Crippen LogP contribution in [0.15, 0.2) is 42.6 Å². The molecule has 1 fully saturated rings. The third kappa shape index (κ3) is 2.47. The fourth-order valence-electron chi connectivity index (χ4n) is 2.61. The zero-order valence-electron chi connectivity index (χ0n) is 11.1. The van der Waals surface area contributed by atoms with Crippen molar-refractivity contribution in [2.24, 2.45) is 0 Å². The zero-order chi connectivity index (χ0) is 13.2. The highest BCUT2D eigenvalue weighted by Gasteiger charge is 2.21. The van der Waals surface area contributed by atoms with E-state index in [0.29, 0.717) is 6.54 Å². The highest BCUT2D eigenvalue weighted by molar-refractivity contribution is 5.69. The molecule has 1 aromatic heterocycles. The van der Waals surface area contributed by atoms with Gasteiger partial charge in [-0.3, -0.25) is 0 Å². The van der Waals surface area contributed by atoms with Crippen LogP contribution in [-0.2, 0) is 0 Å². The van der Waals surface area contributed by atoms with Gasteiger partial charge in [-0.1, -0.05) is 24.3 Å². The highest BCUT2D eigenvalue weighted by atomic mass is 16.3. The lowest BCUT2D eigenvalue weighted by Crippen LogP contribution is -2.22. The normalized spacial score (nSPS) is 18.8. The van der Waals surface area contributed by atoms with Crippen molar-refractivity contribution in [2.75, 3.05) is 18.0 Å². The Balaban J connectivity index is 1.94. The van der Waals surface area contributed by atoms with Crippen LogP contribution in [0.2, 0.25) is 0 Å². The van der Waals surface area contributed by atoms with Gasteiger partial charge in [0.15, 0.2) is 0 Å². The van der Waals surface area contributed by atoms with E-state index in [9.17, 15) is 5.11 Å². The monoisotopic (exact) mass is 254 g/mol. The Hall–Kier alpha value is -1.87. The van der Waals surface area contributed by atoms with Gasteiger partial charge in [-0.25, -0.2) is 4.98 Å². The summed E-state index contributed by atoms with van der Waals surface area (Å²) in [5.74, 6) is 0.956. The van der Waals surface area contributed by atoms with E-state index in [1.807, 2.05) is 12.3 Å². The number of rotatable bonds is 2. The van der Waals surface area contributed by atoms with Crippen LogP contribution in [0, 0.1) is 6.92 Å². The Kier molecular flexibility index (Phi) is 3.22. The van der Waals surface area contributed by atoms with Crippen LogP contribution in [0.1, 0.15) is 12.0 Å². The number of anilines is 1. The molecule has 0 saturated carbocycles. The van der Waals surface area contributed by atoms with Gasteiger partial charge in [-0.15, -0.1) is 0 Å². The molecule has 0 spiro atoms. The number of aliphatic hydroxyl groups excluding tert-OH is 1. The fourth-order valence-corrected chi connectivity index (χ4v) is 2.61. The van der Waals surface area contributed by atoms with Gasteiger partial charge >= 0.3 is 0 Å². The number of benzene rings is 1. The van der Waals surface area contributed by atoms with Crippen molar-refractivity contribution in [1.82, 2.24) is 4.98 Å². The molecule has 98 valence electrons. The molecule has 1 saturated heterocycles. The maximum Gasteiger partial charge on any atom is 0.129 e. The molecule has 1 aliphatic rings. The van der Waals surface area contributed by atoms with Gasteiger partial charge in [0, 0.05) is 19.3 Å². The molecule has 3 rings (SSSR count). The number of aliphatic hydroxyl groups is 1. The van der Waals surface area contributed by atoms with E-state index in [1.54, 1.807) is 0 Å².